The van der Waals surface area contributed by atoms with E-state index in [0.717, 1.165) is 12.8 Å². The van der Waals surface area contributed by atoms with Gasteiger partial charge in [0.1, 0.15) is 0 Å². The zero-order valence-electron chi connectivity index (χ0n) is 5.64. The van der Waals surface area contributed by atoms with Gasteiger partial charge < -0.3 is 5.32 Å². The Kier molecular flexibility index (Phi) is 1.19. The minimum Gasteiger partial charge on any atom is -0.353 e. The van der Waals surface area contributed by atoms with Crippen molar-refractivity contribution >= 4 is 5.91 Å². The number of hydrogen-bond acceptors (Lipinski definition) is 1. The summed E-state index contributed by atoms with van der Waals surface area (Å²) >= 11 is 0. The Morgan fingerprint density at radius 1 is 1.50 bits per heavy atom. The van der Waals surface area contributed by atoms with Gasteiger partial charge in [-0.2, -0.15) is 0 Å². The second-order valence-electron chi connectivity index (χ2n) is 3.15. The van der Waals surface area contributed by atoms with Crippen LogP contribution >= 0.6 is 0 Å². The van der Waals surface area contributed by atoms with Crippen LogP contribution in [0.3, 0.4) is 0 Å². The Bertz CT molecular complexity index is 167. The van der Waals surface area contributed by atoms with Crippen LogP contribution in [-0.4, -0.2) is 18.6 Å². The second-order valence-corrected chi connectivity index (χ2v) is 3.15. The van der Waals surface area contributed by atoms with Crippen LogP contribution < -0.4 is 5.32 Å². The molecule has 0 radical (unpaired) electrons. The lowest BCUT2D eigenvalue weighted by Crippen LogP contribution is -2.20. The van der Waals surface area contributed by atoms with Crippen LogP contribution in [0.2, 0.25) is 0 Å². The summed E-state index contributed by atoms with van der Waals surface area (Å²) in [7, 11) is 0. The van der Waals surface area contributed by atoms with E-state index in [1.165, 1.54) is 0 Å². The van der Waals surface area contributed by atoms with Crippen molar-refractivity contribution in [1.82, 2.24) is 5.32 Å². The summed E-state index contributed by atoms with van der Waals surface area (Å²) in [6.45, 7) is 0.560. The van der Waals surface area contributed by atoms with Gasteiger partial charge in [-0.05, 0) is 18.8 Å². The first-order valence-electron chi connectivity index (χ1n) is 3.71. The summed E-state index contributed by atoms with van der Waals surface area (Å²) in [6.07, 6.45) is 1.01. The zero-order chi connectivity index (χ0) is 7.14. The standard InChI is InChI=1S/C7H10FNO/c8-6-5(4-1-2-4)3-9-7(6)10/h4-6H,1-3H2,(H,9,10)/t5-,6-/m0/s1. The number of rotatable bonds is 1. The van der Waals surface area contributed by atoms with Crippen molar-refractivity contribution in [2.24, 2.45) is 11.8 Å². The molecule has 1 aliphatic carbocycles. The lowest BCUT2D eigenvalue weighted by molar-refractivity contribution is -0.123. The number of carbonyl (C=O) groups excluding carboxylic acids is 1. The second kappa shape index (κ2) is 1.94. The molecular weight excluding hydrogens is 133 g/mol. The molecule has 3 heteroatoms. The fourth-order valence-electron chi connectivity index (χ4n) is 1.54. The average molecular weight is 143 g/mol. The molecule has 2 aliphatic rings. The smallest absolute Gasteiger partial charge is 0.254 e. The zero-order valence-corrected chi connectivity index (χ0v) is 5.64. The molecule has 0 aromatic heterocycles. The molecule has 0 unspecified atom stereocenters. The average Bonchev–Trinajstić information content (AvgIpc) is 2.67. The van der Waals surface area contributed by atoms with E-state index in [0.29, 0.717) is 12.5 Å². The number of halogens is 1. The fourth-order valence-corrected chi connectivity index (χ4v) is 1.54. The Morgan fingerprint density at radius 2 is 2.20 bits per heavy atom. The lowest BCUT2D eigenvalue weighted by atomic mass is 10.0. The molecule has 0 bridgehead atoms. The van der Waals surface area contributed by atoms with E-state index in [4.69, 9.17) is 0 Å². The summed E-state index contributed by atoms with van der Waals surface area (Å²) in [4.78, 5) is 10.6. The van der Waals surface area contributed by atoms with Gasteiger partial charge in [0.15, 0.2) is 6.17 Å². The number of nitrogens with one attached hydrogen (secondary N) is 1. The van der Waals surface area contributed by atoms with Crippen molar-refractivity contribution in [2.75, 3.05) is 6.54 Å². The van der Waals surface area contributed by atoms with Crippen LogP contribution in [0.15, 0.2) is 0 Å². The molecule has 2 fully saturated rings. The predicted molar refractivity (Wildman–Crippen MR) is 34.1 cm³/mol. The topological polar surface area (TPSA) is 29.1 Å². The van der Waals surface area contributed by atoms with Gasteiger partial charge >= 0.3 is 0 Å². The molecule has 0 aromatic carbocycles. The van der Waals surface area contributed by atoms with Crippen LogP contribution in [0.5, 0.6) is 0 Å². The van der Waals surface area contributed by atoms with Crippen LogP contribution in [0.25, 0.3) is 0 Å². The third-order valence-corrected chi connectivity index (χ3v) is 2.37. The number of alkyl halides is 1. The molecular formula is C7H10FNO. The molecule has 56 valence electrons. The molecule has 2 atom stereocenters. The summed E-state index contributed by atoms with van der Waals surface area (Å²) in [5.41, 5.74) is 0. The fraction of sp³-hybridized carbons (Fsp3) is 0.857. The first-order valence-corrected chi connectivity index (χ1v) is 3.71. The molecule has 1 N–H and O–H groups in total. The van der Waals surface area contributed by atoms with Gasteiger partial charge in [-0.1, -0.05) is 0 Å². The molecule has 0 aromatic rings. The number of carbonyl (C=O) groups is 1. The van der Waals surface area contributed by atoms with Gasteiger partial charge in [0.2, 0.25) is 0 Å². The predicted octanol–water partition coefficient (Wildman–Crippen LogP) is 0.480. The molecule has 1 aliphatic heterocycles. The van der Waals surface area contributed by atoms with Crippen LogP contribution in [-0.2, 0) is 4.79 Å². The van der Waals surface area contributed by atoms with Crippen molar-refractivity contribution in [2.45, 2.75) is 19.0 Å². The van der Waals surface area contributed by atoms with Crippen LogP contribution in [0.1, 0.15) is 12.8 Å². The van der Waals surface area contributed by atoms with E-state index in [9.17, 15) is 9.18 Å². The van der Waals surface area contributed by atoms with Gasteiger partial charge in [0, 0.05) is 12.5 Å². The van der Waals surface area contributed by atoms with Gasteiger partial charge in [0.25, 0.3) is 5.91 Å². The molecule has 2 nitrogen and oxygen atoms in total. The summed E-state index contributed by atoms with van der Waals surface area (Å²) < 4.78 is 12.9. The minimum atomic E-state index is -1.22. The highest BCUT2D eigenvalue weighted by Crippen LogP contribution is 2.40. The summed E-state index contributed by atoms with van der Waals surface area (Å²) in [5, 5.41) is 2.53. The van der Waals surface area contributed by atoms with Gasteiger partial charge in [-0.15, -0.1) is 0 Å². The quantitative estimate of drug-likeness (QED) is 0.568. The Balaban J connectivity index is 2.03. The summed E-state index contributed by atoms with van der Waals surface area (Å²) in [5.74, 6) is 0.0818. The third-order valence-electron chi connectivity index (χ3n) is 2.37. The van der Waals surface area contributed by atoms with Crippen molar-refractivity contribution in [1.29, 1.82) is 0 Å². The van der Waals surface area contributed by atoms with Crippen molar-refractivity contribution in [3.8, 4) is 0 Å². The largest absolute Gasteiger partial charge is 0.353 e. The summed E-state index contributed by atoms with van der Waals surface area (Å²) in [6, 6.07) is 0. The Morgan fingerprint density at radius 3 is 2.60 bits per heavy atom. The third kappa shape index (κ3) is 0.805. The molecule has 10 heavy (non-hydrogen) atoms. The molecule has 2 rings (SSSR count). The number of hydrogen-bond donors (Lipinski definition) is 1. The normalized spacial score (nSPS) is 39.9. The number of amides is 1. The molecule has 1 saturated carbocycles. The maximum atomic E-state index is 12.9. The van der Waals surface area contributed by atoms with Crippen molar-refractivity contribution in [3.63, 3.8) is 0 Å². The van der Waals surface area contributed by atoms with E-state index < -0.39 is 12.1 Å². The van der Waals surface area contributed by atoms with E-state index in [-0.39, 0.29) is 5.92 Å². The SMILES string of the molecule is O=C1NC[C@@H](C2CC2)[C@@H]1F. The van der Waals surface area contributed by atoms with E-state index in [2.05, 4.69) is 5.32 Å². The van der Waals surface area contributed by atoms with E-state index in [1.807, 2.05) is 0 Å². The van der Waals surface area contributed by atoms with Crippen molar-refractivity contribution in [3.05, 3.63) is 0 Å². The monoisotopic (exact) mass is 143 g/mol. The van der Waals surface area contributed by atoms with E-state index in [1.54, 1.807) is 0 Å². The highest BCUT2D eigenvalue weighted by molar-refractivity contribution is 5.83. The Hall–Kier alpha value is -0.600. The highest BCUT2D eigenvalue weighted by Gasteiger charge is 2.43. The van der Waals surface area contributed by atoms with Gasteiger partial charge in [-0.3, -0.25) is 4.79 Å². The van der Waals surface area contributed by atoms with Crippen LogP contribution in [0.4, 0.5) is 4.39 Å². The minimum absolute atomic E-state index is 0.00694. The van der Waals surface area contributed by atoms with Crippen molar-refractivity contribution < 1.29 is 9.18 Å². The van der Waals surface area contributed by atoms with Gasteiger partial charge in [0.05, 0.1) is 0 Å². The first-order chi connectivity index (χ1) is 4.79. The van der Waals surface area contributed by atoms with E-state index >= 15 is 0 Å². The maximum absolute atomic E-state index is 12.9. The highest BCUT2D eigenvalue weighted by atomic mass is 19.1. The molecule has 1 saturated heterocycles. The molecule has 0 spiro atoms. The van der Waals surface area contributed by atoms with Crippen LogP contribution in [0, 0.1) is 11.8 Å². The maximum Gasteiger partial charge on any atom is 0.254 e. The molecule has 1 heterocycles. The Labute approximate surface area is 58.8 Å². The van der Waals surface area contributed by atoms with Gasteiger partial charge in [-0.25, -0.2) is 4.39 Å². The first kappa shape index (κ1) is 6.13. The lowest BCUT2D eigenvalue weighted by Gasteiger charge is -2.05. The molecule has 1 amide bonds.